The normalized spacial score (nSPS) is 12.2. The zero-order chi connectivity index (χ0) is 12.7. The summed E-state index contributed by atoms with van der Waals surface area (Å²) in [6.07, 6.45) is 4.63. The van der Waals surface area contributed by atoms with Gasteiger partial charge < -0.3 is 10.5 Å². The summed E-state index contributed by atoms with van der Waals surface area (Å²) in [5.41, 5.74) is 6.88. The molecule has 2 N–H and O–H groups in total. The van der Waals surface area contributed by atoms with E-state index >= 15 is 0 Å². The molecule has 0 aliphatic heterocycles. The van der Waals surface area contributed by atoms with Crippen LogP contribution < -0.4 is 10.5 Å². The van der Waals surface area contributed by atoms with Gasteiger partial charge in [0.1, 0.15) is 5.75 Å². The molecule has 0 saturated carbocycles. The van der Waals surface area contributed by atoms with Gasteiger partial charge in [-0.3, -0.25) is 0 Å². The van der Waals surface area contributed by atoms with Gasteiger partial charge in [0.2, 0.25) is 0 Å². The van der Waals surface area contributed by atoms with E-state index in [1.165, 1.54) is 0 Å². The molecule has 2 nitrogen and oxygen atoms in total. The van der Waals surface area contributed by atoms with E-state index in [0.29, 0.717) is 11.6 Å². The highest BCUT2D eigenvalue weighted by molar-refractivity contribution is 6.32. The molecule has 94 valence electrons. The average molecular weight is 254 g/mol. The van der Waals surface area contributed by atoms with Crippen LogP contribution >= 0.6 is 11.6 Å². The van der Waals surface area contributed by atoms with E-state index in [1.54, 1.807) is 0 Å². The van der Waals surface area contributed by atoms with Crippen LogP contribution in [0.5, 0.6) is 5.75 Å². The van der Waals surface area contributed by atoms with Crippen LogP contribution in [0.4, 0.5) is 0 Å². The predicted molar refractivity (Wildman–Crippen MR) is 73.7 cm³/mol. The fourth-order valence-corrected chi connectivity index (χ4v) is 1.83. The molecule has 0 aliphatic rings. The maximum Gasteiger partial charge on any atom is 0.137 e. The predicted octanol–water partition coefficient (Wildman–Crippen LogP) is 3.57. The molecule has 0 spiro atoms. The van der Waals surface area contributed by atoms with Crippen molar-refractivity contribution in [3.63, 3.8) is 0 Å². The van der Waals surface area contributed by atoms with Crippen molar-refractivity contribution in [3.05, 3.63) is 41.4 Å². The third-order valence-electron chi connectivity index (χ3n) is 2.36. The van der Waals surface area contributed by atoms with Gasteiger partial charge in [0.05, 0.1) is 11.6 Å². The summed E-state index contributed by atoms with van der Waals surface area (Å²) in [5, 5.41) is 0.654. The van der Waals surface area contributed by atoms with Gasteiger partial charge in [-0.25, -0.2) is 0 Å². The zero-order valence-corrected chi connectivity index (χ0v) is 11.0. The lowest BCUT2D eigenvalue weighted by molar-refractivity contribution is 0.312. The molecule has 0 fully saturated rings. The molecule has 17 heavy (non-hydrogen) atoms. The van der Waals surface area contributed by atoms with Crippen LogP contribution in [-0.2, 0) is 6.42 Å². The molecule has 1 aromatic rings. The van der Waals surface area contributed by atoms with E-state index in [9.17, 15) is 0 Å². The van der Waals surface area contributed by atoms with Gasteiger partial charge in [0.15, 0.2) is 0 Å². The second-order valence-electron chi connectivity index (χ2n) is 4.23. The highest BCUT2D eigenvalue weighted by atomic mass is 35.5. The summed E-state index contributed by atoms with van der Waals surface area (Å²) in [6.45, 7) is 6.31. The van der Waals surface area contributed by atoms with Gasteiger partial charge in [-0.15, -0.1) is 6.58 Å². The number of nitrogens with two attached hydrogens (primary N) is 1. The van der Waals surface area contributed by atoms with E-state index in [2.05, 4.69) is 6.58 Å². The van der Waals surface area contributed by atoms with Crippen LogP contribution in [-0.4, -0.2) is 12.6 Å². The standard InChI is InChI=1S/C14H20ClNO/c1-3-4-5-8-17-14-7-6-12(9-11(2)16)10-13(14)15/h3,6-7,10-11H,1,4-5,8-9,16H2,2H3. The number of hydrogen-bond donors (Lipinski definition) is 1. The molecule has 1 rings (SSSR count). The van der Waals surface area contributed by atoms with Gasteiger partial charge in [0, 0.05) is 6.04 Å². The number of allylic oxidation sites excluding steroid dienone is 1. The van der Waals surface area contributed by atoms with Gasteiger partial charge >= 0.3 is 0 Å². The molecular weight excluding hydrogens is 234 g/mol. The summed E-state index contributed by atoms with van der Waals surface area (Å²) >= 11 is 6.14. The number of benzene rings is 1. The molecule has 0 aromatic heterocycles. The first kappa shape index (κ1) is 14.1. The van der Waals surface area contributed by atoms with E-state index in [4.69, 9.17) is 22.1 Å². The second kappa shape index (κ2) is 7.36. The van der Waals surface area contributed by atoms with Gasteiger partial charge in [-0.05, 0) is 43.9 Å². The summed E-state index contributed by atoms with van der Waals surface area (Å²) in [6, 6.07) is 5.99. The first-order chi connectivity index (χ1) is 8.13. The maximum absolute atomic E-state index is 6.14. The van der Waals surface area contributed by atoms with Gasteiger partial charge in [-0.1, -0.05) is 23.7 Å². The topological polar surface area (TPSA) is 35.2 Å². The smallest absolute Gasteiger partial charge is 0.137 e. The van der Waals surface area contributed by atoms with Crippen molar-refractivity contribution in [2.45, 2.75) is 32.2 Å². The molecule has 0 radical (unpaired) electrons. The lowest BCUT2D eigenvalue weighted by atomic mass is 10.1. The molecule has 1 unspecified atom stereocenters. The van der Waals surface area contributed by atoms with Crippen molar-refractivity contribution < 1.29 is 4.74 Å². The minimum absolute atomic E-state index is 0.144. The van der Waals surface area contributed by atoms with Gasteiger partial charge in [-0.2, -0.15) is 0 Å². The summed E-state index contributed by atoms with van der Waals surface area (Å²) in [4.78, 5) is 0. The molecular formula is C14H20ClNO. The van der Waals surface area contributed by atoms with E-state index < -0.39 is 0 Å². The molecule has 3 heteroatoms. The van der Waals surface area contributed by atoms with E-state index in [1.807, 2.05) is 31.2 Å². The Kier molecular flexibility index (Phi) is 6.09. The molecule has 1 aromatic carbocycles. The Morgan fingerprint density at radius 2 is 2.29 bits per heavy atom. The van der Waals surface area contributed by atoms with Crippen LogP contribution in [0.2, 0.25) is 5.02 Å². The molecule has 1 atom stereocenters. The molecule has 0 heterocycles. The monoisotopic (exact) mass is 253 g/mol. The largest absolute Gasteiger partial charge is 0.492 e. The molecule has 0 amide bonds. The maximum atomic E-state index is 6.14. The van der Waals surface area contributed by atoms with Crippen molar-refractivity contribution in [1.82, 2.24) is 0 Å². The van der Waals surface area contributed by atoms with Crippen LogP contribution in [0, 0.1) is 0 Å². The zero-order valence-electron chi connectivity index (χ0n) is 10.3. The number of halogens is 1. The Morgan fingerprint density at radius 3 is 2.88 bits per heavy atom. The third-order valence-corrected chi connectivity index (χ3v) is 2.66. The van der Waals surface area contributed by atoms with Crippen molar-refractivity contribution in [2.24, 2.45) is 5.73 Å². The van der Waals surface area contributed by atoms with Gasteiger partial charge in [0.25, 0.3) is 0 Å². The molecule has 0 bridgehead atoms. The average Bonchev–Trinajstić information content (AvgIpc) is 2.26. The second-order valence-corrected chi connectivity index (χ2v) is 4.63. The number of hydrogen-bond acceptors (Lipinski definition) is 2. The highest BCUT2D eigenvalue weighted by Gasteiger charge is 2.04. The van der Waals surface area contributed by atoms with E-state index in [-0.39, 0.29) is 6.04 Å². The van der Waals surface area contributed by atoms with Crippen LogP contribution in [0.15, 0.2) is 30.9 Å². The number of ether oxygens (including phenoxy) is 1. The fraction of sp³-hybridized carbons (Fsp3) is 0.429. The van der Waals surface area contributed by atoms with Crippen molar-refractivity contribution in [1.29, 1.82) is 0 Å². The van der Waals surface area contributed by atoms with Crippen molar-refractivity contribution in [2.75, 3.05) is 6.61 Å². The first-order valence-electron chi connectivity index (χ1n) is 5.91. The van der Waals surface area contributed by atoms with Crippen LogP contribution in [0.25, 0.3) is 0 Å². The quantitative estimate of drug-likeness (QED) is 0.596. The lowest BCUT2D eigenvalue weighted by Crippen LogP contribution is -2.17. The minimum atomic E-state index is 0.144. The first-order valence-corrected chi connectivity index (χ1v) is 6.29. The third kappa shape index (κ3) is 5.24. The Morgan fingerprint density at radius 1 is 1.53 bits per heavy atom. The van der Waals surface area contributed by atoms with Crippen LogP contribution in [0.1, 0.15) is 25.3 Å². The Bertz CT molecular complexity index is 363. The number of rotatable bonds is 7. The summed E-state index contributed by atoms with van der Waals surface area (Å²) in [5.74, 6) is 0.740. The fourth-order valence-electron chi connectivity index (χ4n) is 1.57. The minimum Gasteiger partial charge on any atom is -0.492 e. The SMILES string of the molecule is C=CCCCOc1ccc(CC(C)N)cc1Cl. The highest BCUT2D eigenvalue weighted by Crippen LogP contribution is 2.26. The van der Waals surface area contributed by atoms with Crippen molar-refractivity contribution in [3.8, 4) is 5.75 Å². The molecule has 0 aliphatic carbocycles. The Labute approximate surface area is 108 Å². The Balaban J connectivity index is 2.53. The summed E-state index contributed by atoms with van der Waals surface area (Å²) < 4.78 is 5.59. The van der Waals surface area contributed by atoms with Crippen LogP contribution in [0.3, 0.4) is 0 Å². The summed E-state index contributed by atoms with van der Waals surface area (Å²) in [7, 11) is 0. The molecule has 0 saturated heterocycles. The lowest BCUT2D eigenvalue weighted by Gasteiger charge is -2.10. The number of unbranched alkanes of at least 4 members (excludes halogenated alkanes) is 1. The Hall–Kier alpha value is -0.990. The van der Waals surface area contributed by atoms with E-state index in [0.717, 1.165) is 30.6 Å². The van der Waals surface area contributed by atoms with Crippen molar-refractivity contribution >= 4 is 11.6 Å².